The predicted octanol–water partition coefficient (Wildman–Crippen LogP) is 4.18. The topological polar surface area (TPSA) is 47.6 Å². The molecule has 1 N–H and O–H groups in total. The van der Waals surface area contributed by atoms with E-state index in [0.29, 0.717) is 17.1 Å². The fraction of sp³-hybridized carbons (Fsp3) is 0.235. The molecule has 0 fully saturated rings. The van der Waals surface area contributed by atoms with Gasteiger partial charge >= 0.3 is 0 Å². The molecule has 0 aliphatic heterocycles. The highest BCUT2D eigenvalue weighted by atomic mass is 127. The maximum absolute atomic E-state index is 12.5. The molecule has 22 heavy (non-hydrogen) atoms. The summed E-state index contributed by atoms with van der Waals surface area (Å²) >= 11 is 2.28. The van der Waals surface area contributed by atoms with Crippen molar-refractivity contribution < 1.29 is 14.3 Å². The molecule has 116 valence electrons. The molecule has 0 aliphatic carbocycles. The zero-order chi connectivity index (χ0) is 16.3. The first-order chi connectivity index (χ1) is 10.5. The summed E-state index contributed by atoms with van der Waals surface area (Å²) in [6, 6.07) is 9.16. The van der Waals surface area contributed by atoms with Crippen LogP contribution in [0, 0.1) is 17.4 Å². The van der Waals surface area contributed by atoms with Crippen molar-refractivity contribution in [2.24, 2.45) is 0 Å². The van der Waals surface area contributed by atoms with Gasteiger partial charge in [-0.2, -0.15) is 0 Å². The summed E-state index contributed by atoms with van der Waals surface area (Å²) in [5, 5.41) is 2.94. The number of aryl methyl sites for hydroxylation is 2. The van der Waals surface area contributed by atoms with Crippen LogP contribution in [0.4, 0.5) is 5.69 Å². The number of hydrogen-bond acceptors (Lipinski definition) is 3. The molecule has 0 atom stereocenters. The minimum atomic E-state index is -0.205. The molecular weight excluding hydrogens is 393 g/mol. The van der Waals surface area contributed by atoms with Crippen LogP contribution in [-0.2, 0) is 0 Å². The van der Waals surface area contributed by atoms with Gasteiger partial charge in [0, 0.05) is 15.3 Å². The number of rotatable bonds is 4. The number of halogens is 1. The quantitative estimate of drug-likeness (QED) is 0.769. The van der Waals surface area contributed by atoms with Crippen molar-refractivity contribution in [3.05, 3.63) is 50.6 Å². The molecule has 0 radical (unpaired) electrons. The highest BCUT2D eigenvalue weighted by molar-refractivity contribution is 14.1. The summed E-state index contributed by atoms with van der Waals surface area (Å²) < 4.78 is 11.6. The van der Waals surface area contributed by atoms with Gasteiger partial charge in [0.05, 0.1) is 19.8 Å². The number of methoxy groups -OCH3 is 2. The van der Waals surface area contributed by atoms with Gasteiger partial charge in [0.1, 0.15) is 11.5 Å². The lowest BCUT2D eigenvalue weighted by Crippen LogP contribution is -2.14. The molecule has 1 amide bonds. The molecule has 0 saturated carbocycles. The Kier molecular flexibility index (Phi) is 5.28. The Morgan fingerprint density at radius 3 is 2.41 bits per heavy atom. The van der Waals surface area contributed by atoms with Crippen LogP contribution >= 0.6 is 22.6 Å². The van der Waals surface area contributed by atoms with E-state index in [1.165, 1.54) is 10.7 Å². The van der Waals surface area contributed by atoms with Gasteiger partial charge in [-0.1, -0.05) is 0 Å². The maximum Gasteiger partial charge on any atom is 0.259 e. The van der Waals surface area contributed by atoms with Gasteiger partial charge in [0.15, 0.2) is 0 Å². The molecule has 0 bridgehead atoms. The summed E-state index contributed by atoms with van der Waals surface area (Å²) in [5.41, 5.74) is 3.43. The van der Waals surface area contributed by atoms with E-state index in [-0.39, 0.29) is 5.91 Å². The van der Waals surface area contributed by atoms with Crippen molar-refractivity contribution in [3.8, 4) is 11.5 Å². The van der Waals surface area contributed by atoms with E-state index in [0.717, 1.165) is 16.8 Å². The Hall–Kier alpha value is -1.76. The van der Waals surface area contributed by atoms with Crippen LogP contribution in [0.1, 0.15) is 21.5 Å². The lowest BCUT2D eigenvalue weighted by molar-refractivity contribution is 0.102. The third-order valence-electron chi connectivity index (χ3n) is 3.41. The van der Waals surface area contributed by atoms with E-state index in [1.807, 2.05) is 19.9 Å². The number of carbonyl (C=O) groups excluding carboxylic acids is 1. The minimum absolute atomic E-state index is 0.205. The van der Waals surface area contributed by atoms with Gasteiger partial charge in [0.2, 0.25) is 0 Å². The number of hydrogen-bond donors (Lipinski definition) is 1. The van der Waals surface area contributed by atoms with E-state index < -0.39 is 0 Å². The normalized spacial score (nSPS) is 10.2. The van der Waals surface area contributed by atoms with Crippen LogP contribution in [-0.4, -0.2) is 20.1 Å². The number of ether oxygens (including phenoxy) is 2. The highest BCUT2D eigenvalue weighted by Gasteiger charge is 2.15. The molecule has 0 aromatic heterocycles. The largest absolute Gasteiger partial charge is 0.497 e. The second kappa shape index (κ2) is 7.00. The predicted molar refractivity (Wildman–Crippen MR) is 96.1 cm³/mol. The number of anilines is 1. The molecule has 0 spiro atoms. The van der Waals surface area contributed by atoms with Crippen molar-refractivity contribution in [3.63, 3.8) is 0 Å². The SMILES string of the molecule is COc1ccc(C(=O)Nc2cc(C)c(I)cc2C)c(OC)c1. The summed E-state index contributed by atoms with van der Waals surface area (Å²) in [7, 11) is 3.11. The second-order valence-corrected chi connectivity index (χ2v) is 6.10. The Bertz CT molecular complexity index is 713. The zero-order valence-electron chi connectivity index (χ0n) is 13.0. The smallest absolute Gasteiger partial charge is 0.259 e. The van der Waals surface area contributed by atoms with Gasteiger partial charge in [-0.3, -0.25) is 4.79 Å². The molecule has 0 saturated heterocycles. The fourth-order valence-corrected chi connectivity index (χ4v) is 2.71. The Morgan fingerprint density at radius 1 is 1.05 bits per heavy atom. The van der Waals surface area contributed by atoms with Crippen molar-refractivity contribution in [1.29, 1.82) is 0 Å². The molecule has 0 aliphatic rings. The monoisotopic (exact) mass is 411 g/mol. The standard InChI is InChI=1S/C17H18INO3/c1-10-8-15(11(2)7-14(10)18)19-17(20)13-6-5-12(21-3)9-16(13)22-4/h5-9H,1-4H3,(H,19,20). The summed E-state index contributed by atoms with van der Waals surface area (Å²) in [4.78, 5) is 12.5. The van der Waals surface area contributed by atoms with Gasteiger partial charge in [-0.15, -0.1) is 0 Å². The first-order valence-electron chi connectivity index (χ1n) is 6.76. The lowest BCUT2D eigenvalue weighted by atomic mass is 10.1. The first-order valence-corrected chi connectivity index (χ1v) is 7.84. The number of carbonyl (C=O) groups is 1. The molecule has 2 aromatic rings. The van der Waals surface area contributed by atoms with E-state index in [2.05, 4.69) is 34.0 Å². The summed E-state index contributed by atoms with van der Waals surface area (Å²) in [5.74, 6) is 0.926. The number of benzene rings is 2. The van der Waals surface area contributed by atoms with Crippen LogP contribution < -0.4 is 14.8 Å². The Labute approximate surface area is 144 Å². The van der Waals surface area contributed by atoms with E-state index >= 15 is 0 Å². The summed E-state index contributed by atoms with van der Waals surface area (Å²) in [6.07, 6.45) is 0. The molecule has 5 heteroatoms. The Morgan fingerprint density at radius 2 is 1.77 bits per heavy atom. The molecule has 2 rings (SSSR count). The molecule has 0 heterocycles. The van der Waals surface area contributed by atoms with Crippen LogP contribution in [0.5, 0.6) is 11.5 Å². The van der Waals surface area contributed by atoms with Crippen molar-refractivity contribution >= 4 is 34.2 Å². The van der Waals surface area contributed by atoms with Gasteiger partial charge < -0.3 is 14.8 Å². The van der Waals surface area contributed by atoms with Crippen molar-refractivity contribution in [1.82, 2.24) is 0 Å². The first kappa shape index (κ1) is 16.6. The third-order valence-corrected chi connectivity index (χ3v) is 4.57. The van der Waals surface area contributed by atoms with E-state index in [1.54, 1.807) is 25.3 Å². The van der Waals surface area contributed by atoms with Gasteiger partial charge in [-0.25, -0.2) is 0 Å². The maximum atomic E-state index is 12.5. The van der Waals surface area contributed by atoms with Crippen LogP contribution in [0.2, 0.25) is 0 Å². The van der Waals surface area contributed by atoms with Gasteiger partial charge in [0.25, 0.3) is 5.91 Å². The van der Waals surface area contributed by atoms with Crippen LogP contribution in [0.15, 0.2) is 30.3 Å². The Balaban J connectivity index is 2.32. The molecule has 2 aromatic carbocycles. The average Bonchev–Trinajstić information content (AvgIpc) is 2.51. The second-order valence-electron chi connectivity index (χ2n) is 4.94. The molecular formula is C17H18INO3. The van der Waals surface area contributed by atoms with Gasteiger partial charge in [-0.05, 0) is 71.8 Å². The zero-order valence-corrected chi connectivity index (χ0v) is 15.1. The molecule has 4 nitrogen and oxygen atoms in total. The minimum Gasteiger partial charge on any atom is -0.497 e. The third kappa shape index (κ3) is 3.52. The van der Waals surface area contributed by atoms with Crippen molar-refractivity contribution in [2.75, 3.05) is 19.5 Å². The van der Waals surface area contributed by atoms with Crippen LogP contribution in [0.25, 0.3) is 0 Å². The fourth-order valence-electron chi connectivity index (χ4n) is 2.09. The highest BCUT2D eigenvalue weighted by Crippen LogP contribution is 2.27. The average molecular weight is 411 g/mol. The van der Waals surface area contributed by atoms with Crippen LogP contribution in [0.3, 0.4) is 0 Å². The number of amides is 1. The number of nitrogens with one attached hydrogen (secondary N) is 1. The van der Waals surface area contributed by atoms with E-state index in [9.17, 15) is 4.79 Å². The lowest BCUT2D eigenvalue weighted by Gasteiger charge is -2.13. The van der Waals surface area contributed by atoms with E-state index in [4.69, 9.17) is 9.47 Å². The summed E-state index contributed by atoms with van der Waals surface area (Å²) in [6.45, 7) is 3.99. The van der Waals surface area contributed by atoms with Crippen molar-refractivity contribution in [2.45, 2.75) is 13.8 Å². The molecule has 0 unspecified atom stereocenters.